The van der Waals surface area contributed by atoms with Gasteiger partial charge in [-0.2, -0.15) is 0 Å². The van der Waals surface area contributed by atoms with Crippen molar-refractivity contribution in [1.29, 1.82) is 0 Å². The Morgan fingerprint density at radius 3 is 2.69 bits per heavy atom. The number of rotatable bonds is 6. The lowest BCUT2D eigenvalue weighted by Gasteiger charge is -2.07. The zero-order chi connectivity index (χ0) is 12.0. The second-order valence-corrected chi connectivity index (χ2v) is 4.22. The Hall–Kier alpha value is -0.730. The van der Waals surface area contributed by atoms with Crippen LogP contribution in [0.15, 0.2) is 18.2 Å². The van der Waals surface area contributed by atoms with Crippen molar-refractivity contribution in [3.63, 3.8) is 0 Å². The molecule has 0 amide bonds. The predicted molar refractivity (Wildman–Crippen MR) is 66.7 cm³/mol. The third-order valence-corrected chi connectivity index (χ3v) is 2.69. The second-order valence-electron chi connectivity index (χ2n) is 3.47. The molecule has 16 heavy (non-hydrogen) atoms. The molecule has 0 heterocycles. The van der Waals surface area contributed by atoms with Crippen molar-refractivity contribution >= 4 is 28.4 Å². The van der Waals surface area contributed by atoms with E-state index in [9.17, 15) is 4.79 Å². The van der Waals surface area contributed by atoms with Gasteiger partial charge in [-0.1, -0.05) is 31.4 Å². The van der Waals surface area contributed by atoms with Gasteiger partial charge >= 0.3 is 0 Å². The third kappa shape index (κ3) is 4.03. The molecule has 1 rings (SSSR count). The fourth-order valence-corrected chi connectivity index (χ4v) is 1.76. The van der Waals surface area contributed by atoms with E-state index in [1.807, 2.05) is 0 Å². The molecule has 0 aliphatic heterocycles. The lowest BCUT2D eigenvalue weighted by Crippen LogP contribution is -1.98. The highest BCUT2D eigenvalue weighted by Crippen LogP contribution is 2.24. The predicted octanol–water partition coefficient (Wildman–Crippen LogP) is 4.29. The third-order valence-electron chi connectivity index (χ3n) is 2.17. The largest absolute Gasteiger partial charge is 0.494 e. The van der Waals surface area contributed by atoms with E-state index in [0.29, 0.717) is 22.9 Å². The maximum absolute atomic E-state index is 10.9. The fraction of sp³-hybridized carbons (Fsp3) is 0.417. The first kappa shape index (κ1) is 13.3. The van der Waals surface area contributed by atoms with Gasteiger partial charge in [0.05, 0.1) is 17.2 Å². The molecular weight excluding hydrogens is 247 g/mol. The smallest absolute Gasteiger partial charge is 0.253 e. The van der Waals surface area contributed by atoms with E-state index in [1.54, 1.807) is 18.2 Å². The molecule has 2 nitrogen and oxygen atoms in total. The molecule has 0 bridgehead atoms. The van der Waals surface area contributed by atoms with Crippen LogP contribution in [0.4, 0.5) is 0 Å². The summed E-state index contributed by atoms with van der Waals surface area (Å²) in [6.45, 7) is 2.80. The minimum Gasteiger partial charge on any atom is -0.494 e. The van der Waals surface area contributed by atoms with Crippen LogP contribution in [0, 0.1) is 0 Å². The number of carbonyl (C=O) groups is 1. The molecule has 1 aromatic carbocycles. The van der Waals surface area contributed by atoms with Gasteiger partial charge in [0.2, 0.25) is 0 Å². The monoisotopic (exact) mass is 260 g/mol. The minimum absolute atomic E-state index is 0.309. The van der Waals surface area contributed by atoms with Crippen LogP contribution in [0.2, 0.25) is 5.02 Å². The van der Waals surface area contributed by atoms with Crippen LogP contribution in [-0.2, 0) is 0 Å². The molecule has 0 fully saturated rings. The van der Waals surface area contributed by atoms with E-state index in [0.717, 1.165) is 19.3 Å². The van der Waals surface area contributed by atoms with E-state index in [4.69, 9.17) is 27.9 Å². The molecule has 1 aromatic rings. The zero-order valence-electron chi connectivity index (χ0n) is 9.13. The molecular formula is C12H14Cl2O2. The highest BCUT2D eigenvalue weighted by molar-refractivity contribution is 6.68. The van der Waals surface area contributed by atoms with E-state index in [1.165, 1.54) is 0 Å². The molecule has 0 radical (unpaired) electrons. The number of hydrogen-bond donors (Lipinski definition) is 0. The number of unbranched alkanes of at least 4 members (excludes halogenated alkanes) is 2. The Morgan fingerprint density at radius 1 is 1.38 bits per heavy atom. The minimum atomic E-state index is -0.553. The van der Waals surface area contributed by atoms with Gasteiger partial charge in [0.1, 0.15) is 5.75 Å². The van der Waals surface area contributed by atoms with Crippen molar-refractivity contribution < 1.29 is 9.53 Å². The number of benzene rings is 1. The van der Waals surface area contributed by atoms with Gasteiger partial charge in [-0.3, -0.25) is 4.79 Å². The maximum Gasteiger partial charge on any atom is 0.253 e. The summed E-state index contributed by atoms with van der Waals surface area (Å²) >= 11 is 11.2. The summed E-state index contributed by atoms with van der Waals surface area (Å²) in [5, 5.41) is -0.226. The standard InChI is InChI=1S/C12H14Cl2O2/c1-2-3-4-7-16-9-5-6-10(12(14)15)11(13)8-9/h5-6,8H,2-4,7H2,1H3. The molecule has 0 spiro atoms. The van der Waals surface area contributed by atoms with Crippen LogP contribution in [0.25, 0.3) is 0 Å². The van der Waals surface area contributed by atoms with Crippen LogP contribution in [0.5, 0.6) is 5.75 Å². The summed E-state index contributed by atoms with van der Waals surface area (Å²) in [5.74, 6) is 0.669. The number of carbonyl (C=O) groups excluding carboxylic acids is 1. The molecule has 0 aromatic heterocycles. The van der Waals surface area contributed by atoms with Gasteiger partial charge in [0, 0.05) is 0 Å². The maximum atomic E-state index is 10.9. The summed E-state index contributed by atoms with van der Waals surface area (Å²) < 4.78 is 5.48. The number of hydrogen-bond acceptors (Lipinski definition) is 2. The van der Waals surface area contributed by atoms with Crippen LogP contribution >= 0.6 is 23.2 Å². The molecule has 0 unspecified atom stereocenters. The van der Waals surface area contributed by atoms with Crippen molar-refractivity contribution in [3.8, 4) is 5.75 Å². The summed E-state index contributed by atoms with van der Waals surface area (Å²) in [7, 11) is 0. The highest BCUT2D eigenvalue weighted by atomic mass is 35.5. The lowest BCUT2D eigenvalue weighted by atomic mass is 10.2. The number of halogens is 2. The summed E-state index contributed by atoms with van der Waals surface area (Å²) in [6, 6.07) is 4.89. The van der Waals surface area contributed by atoms with E-state index >= 15 is 0 Å². The van der Waals surface area contributed by atoms with Gasteiger partial charge in [0.25, 0.3) is 5.24 Å². The van der Waals surface area contributed by atoms with Gasteiger partial charge < -0.3 is 4.74 Å². The average molecular weight is 261 g/mol. The first-order valence-corrected chi connectivity index (χ1v) is 6.03. The van der Waals surface area contributed by atoms with Crippen molar-refractivity contribution in [2.45, 2.75) is 26.2 Å². The van der Waals surface area contributed by atoms with Crippen LogP contribution in [0.3, 0.4) is 0 Å². The first-order valence-electron chi connectivity index (χ1n) is 5.27. The van der Waals surface area contributed by atoms with E-state index in [2.05, 4.69) is 6.92 Å². The molecule has 0 atom stereocenters. The van der Waals surface area contributed by atoms with Gasteiger partial charge in [-0.25, -0.2) is 0 Å². The Labute approximate surface area is 106 Å². The molecule has 88 valence electrons. The van der Waals surface area contributed by atoms with Crippen molar-refractivity contribution in [1.82, 2.24) is 0 Å². The van der Waals surface area contributed by atoms with Crippen LogP contribution < -0.4 is 4.74 Å². The average Bonchev–Trinajstić information content (AvgIpc) is 2.24. The zero-order valence-corrected chi connectivity index (χ0v) is 10.6. The topological polar surface area (TPSA) is 26.3 Å². The molecule has 4 heteroatoms. The SMILES string of the molecule is CCCCCOc1ccc(C(=O)Cl)c(Cl)c1. The second kappa shape index (κ2) is 6.77. The Morgan fingerprint density at radius 2 is 2.12 bits per heavy atom. The Balaban J connectivity index is 2.56. The van der Waals surface area contributed by atoms with Gasteiger partial charge in [-0.05, 0) is 36.2 Å². The van der Waals surface area contributed by atoms with Crippen LogP contribution in [-0.4, -0.2) is 11.8 Å². The summed E-state index contributed by atoms with van der Waals surface area (Å²) in [4.78, 5) is 10.9. The summed E-state index contributed by atoms with van der Waals surface area (Å²) in [5.41, 5.74) is 0.309. The van der Waals surface area contributed by atoms with E-state index in [-0.39, 0.29) is 0 Å². The summed E-state index contributed by atoms with van der Waals surface area (Å²) in [6.07, 6.45) is 3.32. The Kier molecular flexibility index (Phi) is 5.64. The lowest BCUT2D eigenvalue weighted by molar-refractivity contribution is 0.108. The van der Waals surface area contributed by atoms with Crippen molar-refractivity contribution in [2.24, 2.45) is 0 Å². The first-order chi connectivity index (χ1) is 7.65. The van der Waals surface area contributed by atoms with Crippen molar-refractivity contribution in [3.05, 3.63) is 28.8 Å². The molecule has 0 saturated heterocycles. The Bertz CT molecular complexity index is 364. The molecule has 0 saturated carbocycles. The normalized spacial score (nSPS) is 10.2. The van der Waals surface area contributed by atoms with Gasteiger partial charge in [0.15, 0.2) is 0 Å². The molecule has 0 aliphatic carbocycles. The van der Waals surface area contributed by atoms with Crippen LogP contribution in [0.1, 0.15) is 36.5 Å². The quantitative estimate of drug-likeness (QED) is 0.564. The van der Waals surface area contributed by atoms with Gasteiger partial charge in [-0.15, -0.1) is 0 Å². The fourth-order valence-electron chi connectivity index (χ4n) is 1.29. The molecule has 0 N–H and O–H groups in total. The van der Waals surface area contributed by atoms with Crippen molar-refractivity contribution in [2.75, 3.05) is 6.61 Å². The highest BCUT2D eigenvalue weighted by Gasteiger charge is 2.08. The van der Waals surface area contributed by atoms with E-state index < -0.39 is 5.24 Å². The number of ether oxygens (including phenoxy) is 1. The molecule has 0 aliphatic rings.